The predicted molar refractivity (Wildman–Crippen MR) is 150 cm³/mol. The van der Waals surface area contributed by atoms with Crippen LogP contribution in [0.15, 0.2) is 97.2 Å². The molecule has 0 spiro atoms. The number of fused-ring (bicyclic) bond motifs is 1. The van der Waals surface area contributed by atoms with Gasteiger partial charge in [-0.25, -0.2) is 8.42 Å². The molecule has 4 aromatic carbocycles. The van der Waals surface area contributed by atoms with Gasteiger partial charge in [0.05, 0.1) is 9.80 Å². The summed E-state index contributed by atoms with van der Waals surface area (Å²) in [6.07, 6.45) is 0. The van der Waals surface area contributed by atoms with E-state index in [0.29, 0.717) is 8.97 Å². The van der Waals surface area contributed by atoms with E-state index < -0.39 is 9.84 Å². The maximum absolute atomic E-state index is 14.0. The smallest absolute Gasteiger partial charge is 0.208 e. The lowest BCUT2D eigenvalue weighted by Crippen LogP contribution is -2.07. The molecule has 0 amide bonds. The fourth-order valence-electron chi connectivity index (χ4n) is 3.38. The van der Waals surface area contributed by atoms with Gasteiger partial charge in [0.15, 0.2) is 0 Å². The summed E-state index contributed by atoms with van der Waals surface area (Å²) in [6, 6.07) is 22.8. The molecule has 162 valence electrons. The Balaban J connectivity index is 2.15. The maximum atomic E-state index is 14.0. The van der Waals surface area contributed by atoms with Gasteiger partial charge in [-0.15, -0.1) is 0 Å². The number of phenols is 1. The van der Waals surface area contributed by atoms with Gasteiger partial charge < -0.3 is 5.11 Å². The first kappa shape index (κ1) is 23.9. The minimum absolute atomic E-state index is 0.0535. The summed E-state index contributed by atoms with van der Waals surface area (Å²) in [5, 5.41) is 12.4. The number of aromatic hydroxyl groups is 1. The molecule has 0 aliphatic carbocycles. The quantitative estimate of drug-likeness (QED) is 0.168. The van der Waals surface area contributed by atoms with Gasteiger partial charge in [-0.3, -0.25) is 0 Å². The zero-order valence-electron chi connectivity index (χ0n) is 16.2. The van der Waals surface area contributed by atoms with Crippen molar-refractivity contribution in [1.82, 2.24) is 0 Å². The van der Waals surface area contributed by atoms with Crippen molar-refractivity contribution in [3.8, 4) is 5.75 Å². The predicted octanol–water partition coefficient (Wildman–Crippen LogP) is 8.57. The third-order valence-corrected chi connectivity index (χ3v) is 9.93. The van der Waals surface area contributed by atoms with Gasteiger partial charge in [0.25, 0.3) is 0 Å². The Kier molecular flexibility index (Phi) is 7.17. The second-order valence-corrected chi connectivity index (χ2v) is 12.6. The summed E-state index contributed by atoms with van der Waals surface area (Å²) in [5.41, 5.74) is 0.996. The third-order valence-electron chi connectivity index (χ3n) is 4.89. The molecule has 0 saturated carbocycles. The lowest BCUT2D eigenvalue weighted by molar-refractivity contribution is 0.474. The van der Waals surface area contributed by atoms with E-state index in [2.05, 4.69) is 70.4 Å². The zero-order chi connectivity index (χ0) is 23.0. The average molecular weight is 749 g/mol. The molecule has 4 aromatic rings. The number of phenolic OH excluding ortho intramolecular Hbond substituents is 1. The molecular weight excluding hydrogens is 735 g/mol. The third kappa shape index (κ3) is 4.57. The lowest BCUT2D eigenvalue weighted by atomic mass is 10.0. The Labute approximate surface area is 225 Å². The van der Waals surface area contributed by atoms with Crippen LogP contribution in [0, 0.1) is 0 Å². The first-order chi connectivity index (χ1) is 15.2. The summed E-state index contributed by atoms with van der Waals surface area (Å²) in [4.78, 5) is 0.197. The van der Waals surface area contributed by atoms with Gasteiger partial charge in [0.1, 0.15) is 5.75 Å². The number of benzene rings is 4. The maximum Gasteiger partial charge on any atom is 0.208 e. The SMILES string of the molecule is O=S(=O)(/C(=C(/I)c1ccccc1Br)c1c(O)ccc2cc(Br)ccc12)c1ccc(Br)cc1. The normalized spacial score (nSPS) is 12.6. The summed E-state index contributed by atoms with van der Waals surface area (Å²) in [5.74, 6) is -0.100. The largest absolute Gasteiger partial charge is 0.507 e. The van der Waals surface area contributed by atoms with Crippen LogP contribution >= 0.6 is 70.4 Å². The monoisotopic (exact) mass is 746 g/mol. The fourth-order valence-corrected chi connectivity index (χ4v) is 8.05. The topological polar surface area (TPSA) is 54.4 Å². The highest BCUT2D eigenvalue weighted by molar-refractivity contribution is 14.1. The van der Waals surface area contributed by atoms with Crippen molar-refractivity contribution in [2.45, 2.75) is 4.90 Å². The average Bonchev–Trinajstić information content (AvgIpc) is 2.76. The van der Waals surface area contributed by atoms with E-state index in [-0.39, 0.29) is 21.1 Å². The van der Waals surface area contributed by atoms with Crippen LogP contribution in [-0.4, -0.2) is 13.5 Å². The molecule has 0 aliphatic rings. The van der Waals surface area contributed by atoms with Crippen LogP contribution in [0.1, 0.15) is 11.1 Å². The van der Waals surface area contributed by atoms with Crippen molar-refractivity contribution in [2.24, 2.45) is 0 Å². The van der Waals surface area contributed by atoms with E-state index in [1.807, 2.05) is 42.5 Å². The van der Waals surface area contributed by atoms with E-state index in [4.69, 9.17) is 0 Å². The van der Waals surface area contributed by atoms with Crippen LogP contribution in [0.3, 0.4) is 0 Å². The molecule has 0 atom stereocenters. The van der Waals surface area contributed by atoms with E-state index in [1.54, 1.807) is 30.3 Å². The number of hydrogen-bond acceptors (Lipinski definition) is 3. The van der Waals surface area contributed by atoms with Crippen molar-refractivity contribution in [1.29, 1.82) is 0 Å². The first-order valence-electron chi connectivity index (χ1n) is 9.27. The molecular formula is C24H14Br3IO3S. The van der Waals surface area contributed by atoms with Gasteiger partial charge >= 0.3 is 0 Å². The molecule has 0 saturated heterocycles. The molecule has 0 heterocycles. The van der Waals surface area contributed by atoms with Gasteiger partial charge in [-0.1, -0.05) is 78.1 Å². The minimum Gasteiger partial charge on any atom is -0.507 e. The molecule has 32 heavy (non-hydrogen) atoms. The molecule has 4 rings (SSSR count). The molecule has 0 bridgehead atoms. The Morgan fingerprint density at radius 3 is 2.16 bits per heavy atom. The highest BCUT2D eigenvalue weighted by atomic mass is 127. The van der Waals surface area contributed by atoms with E-state index in [9.17, 15) is 13.5 Å². The highest BCUT2D eigenvalue weighted by Crippen LogP contribution is 2.46. The van der Waals surface area contributed by atoms with Crippen molar-refractivity contribution in [3.05, 3.63) is 103 Å². The standard InChI is InChI=1S/C24H14Br3IO3S/c25-15-6-9-17(10-7-15)32(30,31)24(23(28)19-3-1-2-4-20(19)27)22-18-11-8-16(26)13-14(18)5-12-21(22)29/h1-13,29H/b24-23+. The summed E-state index contributed by atoms with van der Waals surface area (Å²) < 4.78 is 30.9. The number of hydrogen-bond donors (Lipinski definition) is 1. The lowest BCUT2D eigenvalue weighted by Gasteiger charge is -2.17. The molecule has 0 radical (unpaired) electrons. The Bertz CT molecular complexity index is 1480. The van der Waals surface area contributed by atoms with E-state index >= 15 is 0 Å². The number of rotatable bonds is 4. The van der Waals surface area contributed by atoms with Crippen molar-refractivity contribution < 1.29 is 13.5 Å². The summed E-state index contributed by atoms with van der Waals surface area (Å²) in [7, 11) is -4.00. The van der Waals surface area contributed by atoms with Crippen molar-refractivity contribution in [3.63, 3.8) is 0 Å². The summed E-state index contributed by atoms with van der Waals surface area (Å²) >= 11 is 12.4. The highest BCUT2D eigenvalue weighted by Gasteiger charge is 2.30. The second kappa shape index (κ2) is 9.58. The molecule has 3 nitrogen and oxygen atoms in total. The molecule has 0 fully saturated rings. The Morgan fingerprint density at radius 1 is 0.812 bits per heavy atom. The van der Waals surface area contributed by atoms with Gasteiger partial charge in [0.2, 0.25) is 9.84 Å². The number of sulfone groups is 1. The zero-order valence-corrected chi connectivity index (χ0v) is 23.9. The molecule has 0 aromatic heterocycles. The Morgan fingerprint density at radius 2 is 1.47 bits per heavy atom. The van der Waals surface area contributed by atoms with Gasteiger partial charge in [0, 0.05) is 28.1 Å². The minimum atomic E-state index is -4.00. The van der Waals surface area contributed by atoms with Crippen LogP contribution in [0.25, 0.3) is 19.3 Å². The van der Waals surface area contributed by atoms with Crippen LogP contribution < -0.4 is 0 Å². The number of halogens is 4. The molecule has 0 unspecified atom stereocenters. The van der Waals surface area contributed by atoms with Crippen LogP contribution in [0.5, 0.6) is 5.75 Å². The van der Waals surface area contributed by atoms with Gasteiger partial charge in [-0.2, -0.15) is 0 Å². The summed E-state index contributed by atoms with van der Waals surface area (Å²) in [6.45, 7) is 0. The van der Waals surface area contributed by atoms with Crippen LogP contribution in [0.2, 0.25) is 0 Å². The second-order valence-electron chi connectivity index (χ2n) is 6.91. The van der Waals surface area contributed by atoms with Crippen molar-refractivity contribution in [2.75, 3.05) is 0 Å². The van der Waals surface area contributed by atoms with E-state index in [0.717, 1.165) is 24.4 Å². The van der Waals surface area contributed by atoms with E-state index in [1.165, 1.54) is 6.07 Å². The molecule has 8 heteroatoms. The Hall–Kier alpha value is -1.20. The van der Waals surface area contributed by atoms with Crippen LogP contribution in [0.4, 0.5) is 0 Å². The molecule has 0 aliphatic heterocycles. The van der Waals surface area contributed by atoms with Gasteiger partial charge in [-0.05, 0) is 81.9 Å². The molecule has 1 N–H and O–H groups in total. The first-order valence-corrected chi connectivity index (χ1v) is 14.2. The fraction of sp³-hybridized carbons (Fsp3) is 0. The van der Waals surface area contributed by atoms with Crippen LogP contribution in [-0.2, 0) is 9.84 Å². The van der Waals surface area contributed by atoms with Crippen molar-refractivity contribution >= 4 is 99.5 Å².